The van der Waals surface area contributed by atoms with Crippen molar-refractivity contribution in [2.75, 3.05) is 7.11 Å². The van der Waals surface area contributed by atoms with Crippen LogP contribution in [0.5, 0.6) is 0 Å². The van der Waals surface area contributed by atoms with Crippen molar-refractivity contribution in [1.29, 1.82) is 0 Å². The number of rotatable bonds is 6. The van der Waals surface area contributed by atoms with Crippen LogP contribution < -0.4 is 0 Å². The molecule has 1 saturated heterocycles. The zero-order valence-corrected chi connectivity index (χ0v) is 20.9. The molecule has 0 saturated carbocycles. The predicted molar refractivity (Wildman–Crippen MR) is 132 cm³/mol. The fourth-order valence-electron chi connectivity index (χ4n) is 4.20. The van der Waals surface area contributed by atoms with Crippen LogP contribution in [0.1, 0.15) is 75.0 Å². The standard InChI is InChI=1S/C28H35NO5/c1-27(2,3)34-26(31)29-23(24(33-28(29,4)5)21-13-8-7-9-14-21)15-11-10-12-20-16-18-22(19-17-20)25(30)32-6/h7-10,12-14,16-19,23-24H,11,15H2,1-6H3/b12-10+/t23-,24-/m1/s1. The molecular weight excluding hydrogens is 430 g/mol. The second-order valence-corrected chi connectivity index (χ2v) is 9.91. The summed E-state index contributed by atoms with van der Waals surface area (Å²) in [7, 11) is 1.37. The van der Waals surface area contributed by atoms with Gasteiger partial charge in [-0.05, 0) is 70.7 Å². The summed E-state index contributed by atoms with van der Waals surface area (Å²) in [5, 5.41) is 0. The van der Waals surface area contributed by atoms with E-state index < -0.39 is 11.3 Å². The van der Waals surface area contributed by atoms with Gasteiger partial charge in [0.1, 0.15) is 17.4 Å². The smallest absolute Gasteiger partial charge is 0.412 e. The minimum atomic E-state index is -0.805. The second kappa shape index (κ2) is 10.4. The Morgan fingerprint density at radius 2 is 1.71 bits per heavy atom. The van der Waals surface area contributed by atoms with Gasteiger partial charge in [0.25, 0.3) is 0 Å². The molecule has 6 nitrogen and oxygen atoms in total. The lowest BCUT2D eigenvalue weighted by Gasteiger charge is -2.35. The molecule has 1 heterocycles. The first-order chi connectivity index (χ1) is 16.0. The van der Waals surface area contributed by atoms with Crippen molar-refractivity contribution in [3.8, 4) is 0 Å². The van der Waals surface area contributed by atoms with E-state index in [-0.39, 0.29) is 24.2 Å². The van der Waals surface area contributed by atoms with Crippen LogP contribution in [0, 0.1) is 0 Å². The summed E-state index contributed by atoms with van der Waals surface area (Å²) in [6, 6.07) is 17.1. The molecule has 2 atom stereocenters. The Morgan fingerprint density at radius 3 is 2.29 bits per heavy atom. The summed E-state index contributed by atoms with van der Waals surface area (Å²) in [6.07, 6.45) is 4.91. The number of benzene rings is 2. The lowest BCUT2D eigenvalue weighted by Crippen LogP contribution is -2.49. The maximum absolute atomic E-state index is 13.2. The molecule has 34 heavy (non-hydrogen) atoms. The van der Waals surface area contributed by atoms with Gasteiger partial charge in [0.15, 0.2) is 0 Å². The minimum absolute atomic E-state index is 0.182. The van der Waals surface area contributed by atoms with Crippen LogP contribution in [-0.4, -0.2) is 41.4 Å². The van der Waals surface area contributed by atoms with Gasteiger partial charge in [0.05, 0.1) is 18.7 Å². The van der Waals surface area contributed by atoms with Gasteiger partial charge in [0.2, 0.25) is 0 Å². The molecule has 2 aromatic rings. The number of methoxy groups -OCH3 is 1. The number of allylic oxidation sites excluding steroid dienone is 1. The summed E-state index contributed by atoms with van der Waals surface area (Å²) in [6.45, 7) is 9.42. The first-order valence-corrected chi connectivity index (χ1v) is 11.6. The minimum Gasteiger partial charge on any atom is -0.465 e. The lowest BCUT2D eigenvalue weighted by molar-refractivity contribution is -0.0796. The molecule has 0 aliphatic carbocycles. The zero-order chi connectivity index (χ0) is 24.9. The van der Waals surface area contributed by atoms with Gasteiger partial charge in [-0.3, -0.25) is 4.90 Å². The van der Waals surface area contributed by atoms with E-state index in [9.17, 15) is 9.59 Å². The fraction of sp³-hybridized carbons (Fsp3) is 0.429. The van der Waals surface area contributed by atoms with Crippen molar-refractivity contribution in [2.24, 2.45) is 0 Å². The molecule has 6 heteroatoms. The molecule has 1 aliphatic heterocycles. The number of nitrogens with zero attached hydrogens (tertiary/aromatic N) is 1. The Kier molecular flexibility index (Phi) is 7.82. The normalized spacial score (nSPS) is 19.9. The van der Waals surface area contributed by atoms with Gasteiger partial charge < -0.3 is 14.2 Å². The van der Waals surface area contributed by atoms with Crippen LogP contribution in [0.2, 0.25) is 0 Å². The van der Waals surface area contributed by atoms with E-state index in [4.69, 9.17) is 14.2 Å². The third kappa shape index (κ3) is 6.26. The van der Waals surface area contributed by atoms with E-state index >= 15 is 0 Å². The number of ether oxygens (including phenoxy) is 3. The van der Waals surface area contributed by atoms with Gasteiger partial charge in [-0.15, -0.1) is 0 Å². The van der Waals surface area contributed by atoms with E-state index in [0.29, 0.717) is 12.0 Å². The van der Waals surface area contributed by atoms with E-state index in [1.807, 2.05) is 83.2 Å². The van der Waals surface area contributed by atoms with E-state index in [1.165, 1.54) is 7.11 Å². The largest absolute Gasteiger partial charge is 0.465 e. The van der Waals surface area contributed by atoms with Gasteiger partial charge >= 0.3 is 12.1 Å². The molecule has 0 unspecified atom stereocenters. The highest BCUT2D eigenvalue weighted by Gasteiger charge is 2.51. The second-order valence-electron chi connectivity index (χ2n) is 9.91. The first-order valence-electron chi connectivity index (χ1n) is 11.6. The van der Waals surface area contributed by atoms with Crippen molar-refractivity contribution in [2.45, 2.75) is 70.9 Å². The van der Waals surface area contributed by atoms with E-state index in [1.54, 1.807) is 17.0 Å². The molecule has 1 amide bonds. The molecule has 0 spiro atoms. The average molecular weight is 466 g/mol. The highest BCUT2D eigenvalue weighted by atomic mass is 16.6. The highest BCUT2D eigenvalue weighted by molar-refractivity contribution is 5.89. The third-order valence-electron chi connectivity index (χ3n) is 5.67. The summed E-state index contributed by atoms with van der Waals surface area (Å²) < 4.78 is 16.9. The SMILES string of the molecule is COC(=O)c1ccc(/C=C/CC[C@@H]2[C@@H](c3ccccc3)OC(C)(C)N2C(=O)OC(C)(C)C)cc1. The summed E-state index contributed by atoms with van der Waals surface area (Å²) in [5.74, 6) is -0.353. The monoisotopic (exact) mass is 465 g/mol. The van der Waals surface area contributed by atoms with Crippen molar-refractivity contribution < 1.29 is 23.8 Å². The zero-order valence-electron chi connectivity index (χ0n) is 20.9. The molecule has 1 fully saturated rings. The molecule has 0 bridgehead atoms. The molecule has 0 N–H and O–H groups in total. The van der Waals surface area contributed by atoms with Gasteiger partial charge in [-0.2, -0.15) is 0 Å². The van der Waals surface area contributed by atoms with Gasteiger partial charge in [0, 0.05) is 0 Å². The van der Waals surface area contributed by atoms with Crippen LogP contribution in [0.4, 0.5) is 4.79 Å². The van der Waals surface area contributed by atoms with Crippen molar-refractivity contribution in [3.63, 3.8) is 0 Å². The van der Waals surface area contributed by atoms with Crippen LogP contribution in [0.25, 0.3) is 6.08 Å². The Balaban J connectivity index is 1.78. The molecule has 3 rings (SSSR count). The van der Waals surface area contributed by atoms with E-state index in [2.05, 4.69) is 6.08 Å². The number of hydrogen-bond donors (Lipinski definition) is 0. The highest BCUT2D eigenvalue weighted by Crippen LogP contribution is 2.43. The van der Waals surface area contributed by atoms with Crippen LogP contribution in [0.15, 0.2) is 60.7 Å². The molecule has 1 aliphatic rings. The summed E-state index contributed by atoms with van der Waals surface area (Å²) >= 11 is 0. The number of esters is 1. The van der Waals surface area contributed by atoms with Crippen LogP contribution >= 0.6 is 0 Å². The van der Waals surface area contributed by atoms with Crippen molar-refractivity contribution >= 4 is 18.1 Å². The van der Waals surface area contributed by atoms with E-state index in [0.717, 1.165) is 17.5 Å². The van der Waals surface area contributed by atoms with Crippen LogP contribution in [-0.2, 0) is 14.2 Å². The topological polar surface area (TPSA) is 65.1 Å². The summed E-state index contributed by atoms with van der Waals surface area (Å²) in [4.78, 5) is 26.6. The Bertz CT molecular complexity index is 1010. The molecule has 2 aromatic carbocycles. The quantitative estimate of drug-likeness (QED) is 0.463. The lowest BCUT2D eigenvalue weighted by atomic mass is 9.97. The number of carbonyl (C=O) groups is 2. The molecule has 0 radical (unpaired) electrons. The summed E-state index contributed by atoms with van der Waals surface area (Å²) in [5.41, 5.74) is 1.14. The average Bonchev–Trinajstić information content (AvgIpc) is 3.06. The Hall–Kier alpha value is -3.12. The van der Waals surface area contributed by atoms with Gasteiger partial charge in [-0.1, -0.05) is 54.6 Å². The Labute approximate surface area is 202 Å². The van der Waals surface area contributed by atoms with Crippen molar-refractivity contribution in [1.82, 2.24) is 4.90 Å². The number of hydrogen-bond acceptors (Lipinski definition) is 5. The van der Waals surface area contributed by atoms with Crippen LogP contribution in [0.3, 0.4) is 0 Å². The molecule has 182 valence electrons. The molecule has 0 aromatic heterocycles. The fourth-order valence-corrected chi connectivity index (χ4v) is 4.20. The maximum atomic E-state index is 13.2. The maximum Gasteiger partial charge on any atom is 0.412 e. The van der Waals surface area contributed by atoms with Gasteiger partial charge in [-0.25, -0.2) is 9.59 Å². The number of carbonyl (C=O) groups excluding carboxylic acids is 2. The molecular formula is C28H35NO5. The van der Waals surface area contributed by atoms with Crippen molar-refractivity contribution in [3.05, 3.63) is 77.4 Å². The first kappa shape index (κ1) is 25.5. The Morgan fingerprint density at radius 1 is 1.06 bits per heavy atom. The number of amides is 1. The third-order valence-corrected chi connectivity index (χ3v) is 5.67. The predicted octanol–water partition coefficient (Wildman–Crippen LogP) is 6.38.